The van der Waals surface area contributed by atoms with E-state index in [-0.39, 0.29) is 5.54 Å². The minimum atomic E-state index is -0.331. The third kappa shape index (κ3) is 3.52. The summed E-state index contributed by atoms with van der Waals surface area (Å²) in [6.07, 6.45) is 2.41. The van der Waals surface area contributed by atoms with Crippen molar-refractivity contribution in [3.05, 3.63) is 0 Å². The molecule has 0 aromatic carbocycles. The monoisotopic (exact) mass is 278 g/mol. The molecule has 1 heterocycles. The molecule has 2 unspecified atom stereocenters. The van der Waals surface area contributed by atoms with Crippen LogP contribution in [0.15, 0.2) is 0 Å². The van der Waals surface area contributed by atoms with Crippen LogP contribution in [0.2, 0.25) is 0 Å². The van der Waals surface area contributed by atoms with Crippen LogP contribution >= 0.6 is 0 Å². The van der Waals surface area contributed by atoms with Crippen LogP contribution in [0.1, 0.15) is 40.5 Å². The van der Waals surface area contributed by atoms with Gasteiger partial charge in [-0.3, -0.25) is 15.1 Å². The number of hydrogen-bond acceptors (Lipinski definition) is 4. The van der Waals surface area contributed by atoms with Crippen molar-refractivity contribution < 1.29 is 0 Å². The topological polar surface area (TPSA) is 42.3 Å². The second-order valence-electron chi connectivity index (χ2n) is 6.87. The first-order valence-corrected chi connectivity index (χ1v) is 8.16. The lowest BCUT2D eigenvalue weighted by molar-refractivity contribution is 0.0688. The van der Waals surface area contributed by atoms with Crippen LogP contribution in [0.5, 0.6) is 0 Å². The van der Waals surface area contributed by atoms with Gasteiger partial charge in [-0.1, -0.05) is 6.92 Å². The Kier molecular flexibility index (Phi) is 5.06. The molecule has 0 aromatic rings. The maximum Gasteiger partial charge on any atom is 0.122 e. The van der Waals surface area contributed by atoms with Gasteiger partial charge >= 0.3 is 0 Å². The third-order valence-corrected chi connectivity index (χ3v) is 4.75. The van der Waals surface area contributed by atoms with Gasteiger partial charge in [0.25, 0.3) is 0 Å². The van der Waals surface area contributed by atoms with Crippen LogP contribution < -0.4 is 5.32 Å². The third-order valence-electron chi connectivity index (χ3n) is 4.75. The van der Waals surface area contributed by atoms with Gasteiger partial charge in [-0.25, -0.2) is 0 Å². The van der Waals surface area contributed by atoms with Crippen molar-refractivity contribution in [2.24, 2.45) is 5.92 Å². The molecule has 1 aliphatic carbocycles. The smallest absolute Gasteiger partial charge is 0.122 e. The first-order valence-electron chi connectivity index (χ1n) is 8.16. The van der Waals surface area contributed by atoms with E-state index >= 15 is 0 Å². The van der Waals surface area contributed by atoms with E-state index in [9.17, 15) is 5.26 Å². The molecule has 4 nitrogen and oxygen atoms in total. The van der Waals surface area contributed by atoms with Gasteiger partial charge in [-0.05, 0) is 46.1 Å². The average molecular weight is 278 g/mol. The minimum absolute atomic E-state index is 0.331. The van der Waals surface area contributed by atoms with E-state index in [2.05, 4.69) is 48.9 Å². The van der Waals surface area contributed by atoms with Gasteiger partial charge < -0.3 is 0 Å². The predicted molar refractivity (Wildman–Crippen MR) is 82.5 cm³/mol. The summed E-state index contributed by atoms with van der Waals surface area (Å²) in [6, 6.07) is 3.60. The maximum absolute atomic E-state index is 9.78. The van der Waals surface area contributed by atoms with Crippen molar-refractivity contribution in [1.29, 1.82) is 5.26 Å². The number of hydrogen-bond donors (Lipinski definition) is 1. The lowest BCUT2D eigenvalue weighted by Gasteiger charge is -2.43. The zero-order valence-corrected chi connectivity index (χ0v) is 13.5. The number of rotatable bonds is 6. The number of nitriles is 1. The fourth-order valence-corrected chi connectivity index (χ4v) is 3.58. The van der Waals surface area contributed by atoms with E-state index in [0.717, 1.165) is 32.7 Å². The molecule has 2 atom stereocenters. The van der Waals surface area contributed by atoms with E-state index in [1.165, 1.54) is 12.8 Å². The van der Waals surface area contributed by atoms with Crippen molar-refractivity contribution in [3.63, 3.8) is 0 Å². The summed E-state index contributed by atoms with van der Waals surface area (Å²) in [6.45, 7) is 14.1. The molecule has 0 aromatic heterocycles. The van der Waals surface area contributed by atoms with E-state index in [1.807, 2.05) is 0 Å². The molecular formula is C16H30N4. The van der Waals surface area contributed by atoms with Gasteiger partial charge in [0.05, 0.1) is 6.07 Å². The van der Waals surface area contributed by atoms with Crippen molar-refractivity contribution in [3.8, 4) is 6.07 Å². The highest BCUT2D eigenvalue weighted by molar-refractivity contribution is 5.17. The average Bonchev–Trinajstić information content (AvgIpc) is 3.22. The van der Waals surface area contributed by atoms with Crippen LogP contribution in [0.4, 0.5) is 0 Å². The molecule has 114 valence electrons. The van der Waals surface area contributed by atoms with E-state index < -0.39 is 0 Å². The van der Waals surface area contributed by atoms with Gasteiger partial charge in [0.1, 0.15) is 5.54 Å². The highest BCUT2D eigenvalue weighted by Crippen LogP contribution is 2.40. The summed E-state index contributed by atoms with van der Waals surface area (Å²) >= 11 is 0. The second-order valence-corrected chi connectivity index (χ2v) is 6.87. The quantitative estimate of drug-likeness (QED) is 0.803. The Morgan fingerprint density at radius 2 is 2.05 bits per heavy atom. The molecule has 1 saturated carbocycles. The fraction of sp³-hybridized carbons (Fsp3) is 0.938. The van der Waals surface area contributed by atoms with Crippen molar-refractivity contribution in [1.82, 2.24) is 15.1 Å². The zero-order chi connectivity index (χ0) is 14.8. The van der Waals surface area contributed by atoms with Crippen molar-refractivity contribution in [2.75, 3.05) is 32.7 Å². The molecule has 0 bridgehead atoms. The molecule has 0 spiro atoms. The Balaban J connectivity index is 2.00. The van der Waals surface area contributed by atoms with E-state index in [0.29, 0.717) is 18.0 Å². The summed E-state index contributed by atoms with van der Waals surface area (Å²) in [7, 11) is 0. The number of nitrogens with zero attached hydrogens (tertiary/aromatic N) is 3. The van der Waals surface area contributed by atoms with Gasteiger partial charge in [0.2, 0.25) is 0 Å². The van der Waals surface area contributed by atoms with Gasteiger partial charge in [-0.15, -0.1) is 0 Å². The molecule has 20 heavy (non-hydrogen) atoms. The van der Waals surface area contributed by atoms with Crippen LogP contribution in [-0.2, 0) is 0 Å². The summed E-state index contributed by atoms with van der Waals surface area (Å²) in [5, 5.41) is 13.4. The molecule has 4 heteroatoms. The Hall–Kier alpha value is -0.630. The normalized spacial score (nSPS) is 28.3. The lowest BCUT2D eigenvalue weighted by atomic mass is 9.92. The maximum atomic E-state index is 9.78. The Morgan fingerprint density at radius 1 is 1.35 bits per heavy atom. The molecule has 2 aliphatic rings. The van der Waals surface area contributed by atoms with Gasteiger partial charge in [0, 0.05) is 38.3 Å². The molecule has 2 rings (SSSR count). The molecule has 0 radical (unpaired) electrons. The van der Waals surface area contributed by atoms with Crippen molar-refractivity contribution >= 4 is 0 Å². The lowest BCUT2D eigenvalue weighted by Crippen LogP contribution is -2.60. The number of nitrogens with one attached hydrogen (secondary N) is 1. The van der Waals surface area contributed by atoms with Crippen LogP contribution in [0, 0.1) is 17.2 Å². The van der Waals surface area contributed by atoms with Crippen LogP contribution in [0.25, 0.3) is 0 Å². The summed E-state index contributed by atoms with van der Waals surface area (Å²) in [5.74, 6) is 0.550. The summed E-state index contributed by atoms with van der Waals surface area (Å²) < 4.78 is 0. The molecule has 1 aliphatic heterocycles. The summed E-state index contributed by atoms with van der Waals surface area (Å²) in [4.78, 5) is 5.02. The number of piperazine rings is 1. The predicted octanol–water partition coefficient (Wildman–Crippen LogP) is 1.68. The Bertz CT molecular complexity index is 358. The Labute approximate surface area is 124 Å². The fourth-order valence-electron chi connectivity index (χ4n) is 3.58. The largest absolute Gasteiger partial charge is 0.298 e. The van der Waals surface area contributed by atoms with Crippen LogP contribution in [-0.4, -0.2) is 60.1 Å². The van der Waals surface area contributed by atoms with E-state index in [1.54, 1.807) is 0 Å². The molecule has 1 saturated heterocycles. The van der Waals surface area contributed by atoms with Crippen molar-refractivity contribution in [2.45, 2.75) is 58.2 Å². The minimum Gasteiger partial charge on any atom is -0.298 e. The summed E-state index contributed by atoms with van der Waals surface area (Å²) in [5.41, 5.74) is -0.331. The molecule has 0 amide bonds. The molecular weight excluding hydrogens is 248 g/mol. The highest BCUT2D eigenvalue weighted by atomic mass is 15.3. The number of likely N-dealkylation sites (N-methyl/N-ethyl adjacent to an activating group) is 1. The second kappa shape index (κ2) is 6.43. The molecule has 1 N–H and O–H groups in total. The van der Waals surface area contributed by atoms with E-state index in [4.69, 9.17) is 0 Å². The Morgan fingerprint density at radius 3 is 2.50 bits per heavy atom. The van der Waals surface area contributed by atoms with Gasteiger partial charge in [0.15, 0.2) is 0 Å². The standard InChI is InChI=1S/C16H30N4/c1-5-20-9-8-19(10-14(20)4)12-16(11-17,15-6-7-15)18-13(2)3/h13-15,18H,5-10,12H2,1-4H3. The van der Waals surface area contributed by atoms with Gasteiger partial charge in [-0.2, -0.15) is 5.26 Å². The first kappa shape index (κ1) is 15.8. The zero-order valence-electron chi connectivity index (χ0n) is 13.5. The molecule has 2 fully saturated rings. The highest BCUT2D eigenvalue weighted by Gasteiger charge is 2.47. The SMILES string of the molecule is CCN1CCN(CC(C#N)(NC(C)C)C2CC2)CC1C. The first-order chi connectivity index (χ1) is 9.50. The van der Waals surface area contributed by atoms with Crippen LogP contribution in [0.3, 0.4) is 0 Å².